The Hall–Kier alpha value is -3.20. The molecule has 2 aromatic heterocycles. The third-order valence-electron chi connectivity index (χ3n) is 3.98. The minimum absolute atomic E-state index is 0.367. The summed E-state index contributed by atoms with van der Waals surface area (Å²) >= 11 is 7.46. The normalized spacial score (nSPS) is 11.5. The van der Waals surface area contributed by atoms with Gasteiger partial charge in [-0.2, -0.15) is 5.26 Å². The molecule has 0 aliphatic rings. The van der Waals surface area contributed by atoms with Crippen molar-refractivity contribution in [3.05, 3.63) is 86.0 Å². The highest BCUT2D eigenvalue weighted by molar-refractivity contribution is 7.11. The zero-order valence-electron chi connectivity index (χ0n) is 13.8. The van der Waals surface area contributed by atoms with Crippen molar-refractivity contribution in [2.75, 3.05) is 0 Å². The van der Waals surface area contributed by atoms with E-state index in [1.165, 1.54) is 11.3 Å². The Bertz CT molecular complexity index is 1280. The molecule has 27 heavy (non-hydrogen) atoms. The molecule has 0 saturated heterocycles. The monoisotopic (exact) mass is 390 g/mol. The Morgan fingerprint density at radius 3 is 2.78 bits per heavy atom. The first-order valence-electron chi connectivity index (χ1n) is 8.01. The lowest BCUT2D eigenvalue weighted by molar-refractivity contribution is 0.563. The van der Waals surface area contributed by atoms with Gasteiger partial charge >= 0.3 is 5.63 Å². The highest BCUT2D eigenvalue weighted by Crippen LogP contribution is 2.28. The largest absolute Gasteiger partial charge is 0.422 e. The summed E-state index contributed by atoms with van der Waals surface area (Å²) in [6.07, 6.45) is 1.69. The SMILES string of the molecule is N#CC(=Cc1ccccc1Cl)c1nc(-c2cc3ccccc3oc2=O)cs1. The molecule has 0 bridgehead atoms. The second-order valence-corrected chi connectivity index (χ2v) is 6.98. The maximum absolute atomic E-state index is 12.3. The second-order valence-electron chi connectivity index (χ2n) is 5.71. The lowest BCUT2D eigenvalue weighted by Crippen LogP contribution is -2.02. The van der Waals surface area contributed by atoms with Crippen molar-refractivity contribution in [1.29, 1.82) is 5.26 Å². The Morgan fingerprint density at radius 1 is 1.19 bits per heavy atom. The molecule has 0 N–H and O–H groups in total. The van der Waals surface area contributed by atoms with Crippen LogP contribution in [0.4, 0.5) is 0 Å². The van der Waals surface area contributed by atoms with Gasteiger partial charge in [0.15, 0.2) is 0 Å². The highest BCUT2D eigenvalue weighted by Gasteiger charge is 2.14. The van der Waals surface area contributed by atoms with Gasteiger partial charge in [-0.3, -0.25) is 0 Å². The molecule has 4 aromatic rings. The first kappa shape index (κ1) is 17.2. The minimum atomic E-state index is -0.459. The maximum atomic E-state index is 12.3. The Labute approximate surface area is 163 Å². The zero-order valence-corrected chi connectivity index (χ0v) is 15.4. The summed E-state index contributed by atoms with van der Waals surface area (Å²) in [6, 6.07) is 18.5. The lowest BCUT2D eigenvalue weighted by Gasteiger charge is -2.00. The van der Waals surface area contributed by atoms with Crippen LogP contribution >= 0.6 is 22.9 Å². The second kappa shape index (κ2) is 7.20. The number of fused-ring (bicyclic) bond motifs is 1. The van der Waals surface area contributed by atoms with E-state index in [0.29, 0.717) is 32.4 Å². The molecule has 0 amide bonds. The fourth-order valence-electron chi connectivity index (χ4n) is 2.65. The van der Waals surface area contributed by atoms with Gasteiger partial charge in [-0.05, 0) is 29.8 Å². The van der Waals surface area contributed by atoms with Gasteiger partial charge in [0, 0.05) is 15.8 Å². The minimum Gasteiger partial charge on any atom is -0.422 e. The third-order valence-corrected chi connectivity index (χ3v) is 5.20. The standard InChI is InChI=1S/C21H11ClN2O2S/c22-17-7-3-1-5-13(17)9-15(11-23)20-24-18(12-27-20)16-10-14-6-2-4-8-19(14)26-21(16)25/h1-10,12H. The predicted octanol–water partition coefficient (Wildman–Crippen LogP) is 5.63. The average Bonchev–Trinajstić information content (AvgIpc) is 3.16. The molecule has 130 valence electrons. The first-order valence-corrected chi connectivity index (χ1v) is 9.27. The number of hydrogen-bond acceptors (Lipinski definition) is 5. The Morgan fingerprint density at radius 2 is 1.96 bits per heavy atom. The van der Waals surface area contributed by atoms with Crippen LogP contribution in [0.3, 0.4) is 0 Å². The summed E-state index contributed by atoms with van der Waals surface area (Å²) in [6.45, 7) is 0. The quantitative estimate of drug-likeness (QED) is 0.335. The number of nitrogens with zero attached hydrogens (tertiary/aromatic N) is 2. The van der Waals surface area contributed by atoms with Gasteiger partial charge in [0.1, 0.15) is 16.7 Å². The van der Waals surface area contributed by atoms with E-state index < -0.39 is 5.63 Å². The fraction of sp³-hybridized carbons (Fsp3) is 0. The van der Waals surface area contributed by atoms with Gasteiger partial charge in [0.05, 0.1) is 16.8 Å². The summed E-state index contributed by atoms with van der Waals surface area (Å²) in [7, 11) is 0. The van der Waals surface area contributed by atoms with Crippen LogP contribution in [0, 0.1) is 11.3 Å². The van der Waals surface area contributed by atoms with E-state index >= 15 is 0 Å². The van der Waals surface area contributed by atoms with Crippen LogP contribution in [0.5, 0.6) is 0 Å². The van der Waals surface area contributed by atoms with Crippen molar-refractivity contribution in [3.8, 4) is 17.3 Å². The summed E-state index contributed by atoms with van der Waals surface area (Å²) in [5.74, 6) is 0. The van der Waals surface area contributed by atoms with E-state index in [1.807, 2.05) is 36.4 Å². The maximum Gasteiger partial charge on any atom is 0.345 e. The lowest BCUT2D eigenvalue weighted by atomic mass is 10.1. The number of hydrogen-bond donors (Lipinski definition) is 0. The predicted molar refractivity (Wildman–Crippen MR) is 109 cm³/mol. The van der Waals surface area contributed by atoms with E-state index in [0.717, 1.165) is 10.9 Å². The molecule has 0 fully saturated rings. The van der Waals surface area contributed by atoms with Crippen LogP contribution in [0.1, 0.15) is 10.6 Å². The van der Waals surface area contributed by atoms with Crippen molar-refractivity contribution < 1.29 is 4.42 Å². The van der Waals surface area contributed by atoms with E-state index in [9.17, 15) is 10.1 Å². The van der Waals surface area contributed by atoms with Crippen LogP contribution in [0.15, 0.2) is 69.2 Å². The number of benzene rings is 2. The number of para-hydroxylation sites is 1. The summed E-state index contributed by atoms with van der Waals surface area (Å²) in [5.41, 5.74) is 2.03. The molecule has 6 heteroatoms. The van der Waals surface area contributed by atoms with Gasteiger partial charge in [-0.25, -0.2) is 9.78 Å². The molecular formula is C21H11ClN2O2S. The molecule has 0 aliphatic carbocycles. The van der Waals surface area contributed by atoms with E-state index in [-0.39, 0.29) is 0 Å². The number of allylic oxidation sites excluding steroid dienone is 1. The van der Waals surface area contributed by atoms with Crippen LogP contribution in [-0.2, 0) is 0 Å². The van der Waals surface area contributed by atoms with Crippen molar-refractivity contribution >= 4 is 45.6 Å². The average molecular weight is 391 g/mol. The number of thiazole rings is 1. The van der Waals surface area contributed by atoms with Crippen molar-refractivity contribution in [1.82, 2.24) is 4.98 Å². The van der Waals surface area contributed by atoms with Crippen LogP contribution in [0.2, 0.25) is 5.02 Å². The summed E-state index contributed by atoms with van der Waals surface area (Å²) < 4.78 is 5.37. The molecule has 0 spiro atoms. The first-order chi connectivity index (χ1) is 13.2. The number of rotatable bonds is 3. The molecule has 0 unspecified atom stereocenters. The third kappa shape index (κ3) is 3.41. The molecule has 4 nitrogen and oxygen atoms in total. The fourth-order valence-corrected chi connectivity index (χ4v) is 3.63. The van der Waals surface area contributed by atoms with Gasteiger partial charge in [-0.1, -0.05) is 48.0 Å². The van der Waals surface area contributed by atoms with E-state index in [4.69, 9.17) is 16.0 Å². The molecule has 2 aromatic carbocycles. The van der Waals surface area contributed by atoms with E-state index in [2.05, 4.69) is 11.1 Å². The Balaban J connectivity index is 1.77. The van der Waals surface area contributed by atoms with Gasteiger partial charge in [-0.15, -0.1) is 11.3 Å². The van der Waals surface area contributed by atoms with Crippen molar-refractivity contribution in [2.24, 2.45) is 0 Å². The van der Waals surface area contributed by atoms with Crippen LogP contribution < -0.4 is 5.63 Å². The molecule has 0 atom stereocenters. The molecule has 0 aliphatic heterocycles. The number of halogens is 1. The van der Waals surface area contributed by atoms with Gasteiger partial charge in [0.25, 0.3) is 0 Å². The molecule has 2 heterocycles. The molecule has 4 rings (SSSR count). The van der Waals surface area contributed by atoms with Crippen LogP contribution in [-0.4, -0.2) is 4.98 Å². The summed E-state index contributed by atoms with van der Waals surface area (Å²) in [5, 5.41) is 13.2. The molecular weight excluding hydrogens is 380 g/mol. The van der Waals surface area contributed by atoms with Crippen molar-refractivity contribution in [2.45, 2.75) is 0 Å². The molecule has 0 saturated carbocycles. The van der Waals surface area contributed by atoms with Crippen LogP contribution in [0.25, 0.3) is 33.9 Å². The van der Waals surface area contributed by atoms with E-state index in [1.54, 1.807) is 29.7 Å². The smallest absolute Gasteiger partial charge is 0.345 e. The highest BCUT2D eigenvalue weighted by atomic mass is 35.5. The number of aromatic nitrogens is 1. The number of nitriles is 1. The van der Waals surface area contributed by atoms with Gasteiger partial charge < -0.3 is 4.42 Å². The Kier molecular flexibility index (Phi) is 4.59. The van der Waals surface area contributed by atoms with Gasteiger partial charge in [0.2, 0.25) is 0 Å². The topological polar surface area (TPSA) is 66.9 Å². The van der Waals surface area contributed by atoms with Crippen molar-refractivity contribution in [3.63, 3.8) is 0 Å². The summed E-state index contributed by atoms with van der Waals surface area (Å²) in [4.78, 5) is 16.8. The zero-order chi connectivity index (χ0) is 18.8. The molecule has 0 radical (unpaired) electrons.